The Balaban J connectivity index is 0.978. The maximum Gasteiger partial charge on any atom is 0.164 e. The van der Waals surface area contributed by atoms with Gasteiger partial charge in [0.2, 0.25) is 0 Å². The summed E-state index contributed by atoms with van der Waals surface area (Å²) in [5.41, 5.74) is 16.3. The number of fused-ring (bicyclic) bond motifs is 9. The first kappa shape index (κ1) is 32.7. The monoisotopic (exact) mass is 717 g/mol. The van der Waals surface area contributed by atoms with E-state index < -0.39 is 0 Å². The number of nitrogens with zero attached hydrogens (tertiary/aromatic N) is 3. The maximum absolute atomic E-state index is 5.09. The van der Waals surface area contributed by atoms with E-state index in [1.165, 1.54) is 55.6 Å². The van der Waals surface area contributed by atoms with Crippen molar-refractivity contribution in [1.82, 2.24) is 15.0 Å². The molecule has 6 aromatic carbocycles. The second kappa shape index (κ2) is 13.2. The Morgan fingerprint density at radius 2 is 1.14 bits per heavy atom. The van der Waals surface area contributed by atoms with E-state index in [-0.39, 0.29) is 5.41 Å². The molecule has 4 aliphatic carbocycles. The van der Waals surface area contributed by atoms with Crippen molar-refractivity contribution in [3.05, 3.63) is 216 Å². The second-order valence-electron chi connectivity index (χ2n) is 15.5. The van der Waals surface area contributed by atoms with Gasteiger partial charge in [0.05, 0.1) is 0 Å². The zero-order chi connectivity index (χ0) is 37.1. The van der Waals surface area contributed by atoms with Crippen molar-refractivity contribution >= 4 is 5.57 Å². The Morgan fingerprint density at radius 1 is 0.482 bits per heavy atom. The number of allylic oxidation sites excluding steroid dienone is 8. The highest BCUT2D eigenvalue weighted by Gasteiger charge is 2.54. The van der Waals surface area contributed by atoms with E-state index in [1.807, 2.05) is 18.2 Å². The van der Waals surface area contributed by atoms with Crippen molar-refractivity contribution in [3.63, 3.8) is 0 Å². The van der Waals surface area contributed by atoms with E-state index in [1.54, 1.807) is 0 Å². The van der Waals surface area contributed by atoms with Gasteiger partial charge in [-0.25, -0.2) is 15.0 Å². The summed E-state index contributed by atoms with van der Waals surface area (Å²) in [6.45, 7) is 0. The van der Waals surface area contributed by atoms with Gasteiger partial charge in [0.1, 0.15) is 0 Å². The van der Waals surface area contributed by atoms with Crippen LogP contribution in [0.2, 0.25) is 0 Å². The van der Waals surface area contributed by atoms with E-state index in [9.17, 15) is 0 Å². The summed E-state index contributed by atoms with van der Waals surface area (Å²) >= 11 is 0. The molecule has 3 atom stereocenters. The minimum Gasteiger partial charge on any atom is -0.208 e. The number of hydrogen-bond donors (Lipinski definition) is 0. The molecule has 0 bridgehead atoms. The Hall–Kier alpha value is -6.71. The van der Waals surface area contributed by atoms with Gasteiger partial charge in [-0.05, 0) is 81.0 Å². The normalized spacial score (nSPS) is 19.9. The average Bonchev–Trinajstić information content (AvgIpc) is 3.56. The summed E-state index contributed by atoms with van der Waals surface area (Å²) in [5.74, 6) is 2.68. The third kappa shape index (κ3) is 5.30. The second-order valence-corrected chi connectivity index (χ2v) is 15.5. The lowest BCUT2D eigenvalue weighted by molar-refractivity contribution is 0.386. The molecule has 1 spiro atoms. The summed E-state index contributed by atoms with van der Waals surface area (Å²) in [6, 6.07) is 52.9. The largest absolute Gasteiger partial charge is 0.208 e. The van der Waals surface area contributed by atoms with Crippen LogP contribution in [0.1, 0.15) is 46.6 Å². The van der Waals surface area contributed by atoms with Crippen LogP contribution in [0.3, 0.4) is 0 Å². The lowest BCUT2D eigenvalue weighted by Crippen LogP contribution is -2.38. The zero-order valence-electron chi connectivity index (χ0n) is 31.0. The van der Waals surface area contributed by atoms with Gasteiger partial charge in [-0.1, -0.05) is 182 Å². The van der Waals surface area contributed by atoms with Crippen molar-refractivity contribution in [2.24, 2.45) is 5.92 Å². The van der Waals surface area contributed by atoms with Gasteiger partial charge in [0, 0.05) is 33.9 Å². The first-order valence-electron chi connectivity index (χ1n) is 19.8. The molecule has 3 heteroatoms. The summed E-state index contributed by atoms with van der Waals surface area (Å²) in [7, 11) is 0. The molecule has 0 saturated carbocycles. The molecule has 266 valence electrons. The topological polar surface area (TPSA) is 38.7 Å². The van der Waals surface area contributed by atoms with Crippen LogP contribution in [0.25, 0.3) is 62.0 Å². The number of aromatic nitrogens is 3. The molecule has 1 heterocycles. The highest BCUT2D eigenvalue weighted by atomic mass is 15.0. The Morgan fingerprint density at radius 3 is 1.96 bits per heavy atom. The summed E-state index contributed by atoms with van der Waals surface area (Å²) in [6.07, 6.45) is 19.1. The number of hydrogen-bond acceptors (Lipinski definition) is 3. The molecular weight excluding hydrogens is 679 g/mol. The molecule has 0 aliphatic heterocycles. The quantitative estimate of drug-likeness (QED) is 0.178. The molecule has 0 saturated heterocycles. The summed E-state index contributed by atoms with van der Waals surface area (Å²) in [5, 5.41) is 0. The van der Waals surface area contributed by atoms with E-state index in [0.717, 1.165) is 36.0 Å². The van der Waals surface area contributed by atoms with Crippen LogP contribution in [0.5, 0.6) is 0 Å². The highest BCUT2D eigenvalue weighted by molar-refractivity contribution is 5.80. The average molecular weight is 718 g/mol. The van der Waals surface area contributed by atoms with Gasteiger partial charge in [-0.3, -0.25) is 0 Å². The molecule has 0 N–H and O–H groups in total. The van der Waals surface area contributed by atoms with Crippen LogP contribution < -0.4 is 0 Å². The molecule has 7 aromatic rings. The van der Waals surface area contributed by atoms with Crippen LogP contribution >= 0.6 is 0 Å². The number of benzene rings is 6. The molecule has 1 aromatic heterocycles. The fourth-order valence-electron chi connectivity index (χ4n) is 9.82. The Labute approximate surface area is 328 Å². The fraction of sp³-hybridized carbons (Fsp3) is 0.113. The molecule has 3 unspecified atom stereocenters. The van der Waals surface area contributed by atoms with Crippen LogP contribution in [0.15, 0.2) is 188 Å². The van der Waals surface area contributed by atoms with Crippen molar-refractivity contribution in [3.8, 4) is 56.4 Å². The molecule has 11 rings (SSSR count). The van der Waals surface area contributed by atoms with Crippen LogP contribution in [0.4, 0.5) is 0 Å². The molecule has 4 aliphatic rings. The molecular formula is C53H39N3. The lowest BCUT2D eigenvalue weighted by Gasteiger charge is -2.43. The molecule has 56 heavy (non-hydrogen) atoms. The minimum absolute atomic E-state index is 0.120. The van der Waals surface area contributed by atoms with E-state index in [4.69, 9.17) is 15.0 Å². The predicted octanol–water partition coefficient (Wildman–Crippen LogP) is 12.6. The van der Waals surface area contributed by atoms with Crippen molar-refractivity contribution < 1.29 is 0 Å². The van der Waals surface area contributed by atoms with E-state index in [2.05, 4.69) is 170 Å². The van der Waals surface area contributed by atoms with Gasteiger partial charge in [-0.15, -0.1) is 0 Å². The van der Waals surface area contributed by atoms with E-state index >= 15 is 0 Å². The summed E-state index contributed by atoms with van der Waals surface area (Å²) < 4.78 is 0. The lowest BCUT2D eigenvalue weighted by atomic mass is 9.59. The van der Waals surface area contributed by atoms with Gasteiger partial charge in [0.25, 0.3) is 0 Å². The number of rotatable bonds is 5. The van der Waals surface area contributed by atoms with Crippen molar-refractivity contribution in [1.29, 1.82) is 0 Å². The van der Waals surface area contributed by atoms with Crippen LogP contribution in [-0.2, 0) is 11.8 Å². The van der Waals surface area contributed by atoms with Crippen molar-refractivity contribution in [2.45, 2.75) is 30.6 Å². The van der Waals surface area contributed by atoms with E-state index in [0.29, 0.717) is 29.3 Å². The van der Waals surface area contributed by atoms with Crippen LogP contribution in [0, 0.1) is 5.92 Å². The van der Waals surface area contributed by atoms with Gasteiger partial charge in [0.15, 0.2) is 17.5 Å². The Bertz CT molecular complexity index is 2790. The molecule has 0 radical (unpaired) electrons. The fourth-order valence-corrected chi connectivity index (χ4v) is 9.82. The predicted molar refractivity (Wildman–Crippen MR) is 229 cm³/mol. The first-order valence-corrected chi connectivity index (χ1v) is 19.8. The maximum atomic E-state index is 5.09. The zero-order valence-corrected chi connectivity index (χ0v) is 31.0. The van der Waals surface area contributed by atoms with Gasteiger partial charge >= 0.3 is 0 Å². The van der Waals surface area contributed by atoms with Crippen molar-refractivity contribution in [2.75, 3.05) is 0 Å². The van der Waals surface area contributed by atoms with Crippen LogP contribution in [-0.4, -0.2) is 15.0 Å². The summed E-state index contributed by atoms with van der Waals surface area (Å²) in [4.78, 5) is 15.1. The van der Waals surface area contributed by atoms with Gasteiger partial charge < -0.3 is 0 Å². The smallest absolute Gasteiger partial charge is 0.164 e. The Kier molecular flexibility index (Phi) is 7.73. The molecule has 3 nitrogen and oxygen atoms in total. The standard InChI is InChI=1S/C53H39N3/c1-3-14-35(15-4-1)39-19-13-20-41(32-39)52-55-50(37-16-5-2-6-17-37)54-51(56-52)38-28-26-36(27-29-38)40-30-31-49-46(33-40)45-23-10-12-25-48(45)53(49)34-42-18-7-8-21-43(42)44-22-9-11-24-47(44)53/h1-3,5-14,16-33,45,48H,4,15,34H2. The van der Waals surface area contributed by atoms with Gasteiger partial charge in [-0.2, -0.15) is 0 Å². The SMILES string of the molecule is C1=CCCC(c2cccc(-c3nc(-c4ccccc4)nc(-c4ccc(-c5ccc6c(c5)C5C=CC=CC5C65Cc6ccccc6-c6ccccc65)cc4)n3)c2)=C1. The molecule has 0 amide bonds. The minimum atomic E-state index is -0.120. The molecule has 0 fully saturated rings. The first-order chi connectivity index (χ1) is 27.7. The third-order valence-electron chi connectivity index (χ3n) is 12.4. The third-order valence-corrected chi connectivity index (χ3v) is 12.4. The highest BCUT2D eigenvalue weighted by Crippen LogP contribution is 2.61.